The van der Waals surface area contributed by atoms with Crippen LogP contribution in [0.5, 0.6) is 0 Å². The zero-order valence-corrected chi connectivity index (χ0v) is 11.2. The Morgan fingerprint density at radius 2 is 1.89 bits per heavy atom. The van der Waals surface area contributed by atoms with Crippen molar-refractivity contribution in [2.75, 3.05) is 0 Å². The molecule has 1 heterocycles. The maximum atomic E-state index is 12.0. The summed E-state index contributed by atoms with van der Waals surface area (Å²) in [6, 6.07) is 3.31. The molecule has 0 spiro atoms. The van der Waals surface area contributed by atoms with Gasteiger partial charge in [0.25, 0.3) is 5.91 Å². The fourth-order valence-electron chi connectivity index (χ4n) is 1.66. The van der Waals surface area contributed by atoms with Crippen molar-refractivity contribution < 1.29 is 14.7 Å². The van der Waals surface area contributed by atoms with Crippen molar-refractivity contribution in [2.24, 2.45) is 5.92 Å². The van der Waals surface area contributed by atoms with Gasteiger partial charge in [-0.3, -0.25) is 9.59 Å². The van der Waals surface area contributed by atoms with Crippen LogP contribution in [0, 0.1) is 5.92 Å². The maximum absolute atomic E-state index is 12.0. The Morgan fingerprint density at radius 3 is 2.39 bits per heavy atom. The third-order valence-corrected chi connectivity index (χ3v) is 3.07. The van der Waals surface area contributed by atoms with E-state index < -0.39 is 17.9 Å². The number of aromatic nitrogens is 1. The summed E-state index contributed by atoms with van der Waals surface area (Å²) < 4.78 is 1.85. The van der Waals surface area contributed by atoms with Crippen molar-refractivity contribution in [3.63, 3.8) is 0 Å². The highest BCUT2D eigenvalue weighted by molar-refractivity contribution is 5.93. The number of carbonyl (C=O) groups excluding carboxylic acids is 1. The van der Waals surface area contributed by atoms with Crippen LogP contribution < -0.4 is 5.32 Å². The minimum atomic E-state index is -0.915. The largest absolute Gasteiger partial charge is 0.481 e. The molecule has 0 bridgehead atoms. The Balaban J connectivity index is 2.77. The van der Waals surface area contributed by atoms with Crippen LogP contribution in [0.4, 0.5) is 0 Å². The van der Waals surface area contributed by atoms with Crippen molar-refractivity contribution in [2.45, 2.75) is 39.8 Å². The Labute approximate surface area is 107 Å². The van der Waals surface area contributed by atoms with Gasteiger partial charge in [-0.2, -0.15) is 0 Å². The van der Waals surface area contributed by atoms with E-state index in [0.717, 1.165) is 0 Å². The molecule has 2 N–H and O–H groups in total. The van der Waals surface area contributed by atoms with Gasteiger partial charge in [-0.25, -0.2) is 0 Å². The molecule has 5 nitrogen and oxygen atoms in total. The number of amides is 1. The SMILES string of the molecule is CC(NC(=O)c1cccn1C(C)C)C(C)C(=O)O. The van der Waals surface area contributed by atoms with E-state index >= 15 is 0 Å². The predicted octanol–water partition coefficient (Wildman–Crippen LogP) is 1.91. The topological polar surface area (TPSA) is 71.3 Å². The van der Waals surface area contributed by atoms with Gasteiger partial charge in [-0.15, -0.1) is 0 Å². The lowest BCUT2D eigenvalue weighted by atomic mass is 10.0. The monoisotopic (exact) mass is 252 g/mol. The van der Waals surface area contributed by atoms with E-state index in [9.17, 15) is 9.59 Å². The molecule has 0 saturated carbocycles. The van der Waals surface area contributed by atoms with Crippen LogP contribution in [0.15, 0.2) is 18.3 Å². The lowest BCUT2D eigenvalue weighted by molar-refractivity contribution is -0.141. The molecule has 2 unspecified atom stereocenters. The standard InChI is InChI=1S/C13H20N2O3/c1-8(2)15-7-5-6-11(15)12(16)14-10(4)9(3)13(17)18/h5-10H,1-4H3,(H,14,16)(H,17,18). The first-order chi connectivity index (χ1) is 8.34. The zero-order chi connectivity index (χ0) is 13.9. The van der Waals surface area contributed by atoms with Crippen LogP contribution in [0.2, 0.25) is 0 Å². The molecule has 2 atom stereocenters. The number of aliphatic carboxylic acids is 1. The minimum Gasteiger partial charge on any atom is -0.481 e. The number of nitrogens with one attached hydrogen (secondary N) is 1. The van der Waals surface area contributed by atoms with E-state index in [1.165, 1.54) is 0 Å². The molecule has 18 heavy (non-hydrogen) atoms. The smallest absolute Gasteiger partial charge is 0.308 e. The molecule has 0 aliphatic carbocycles. The number of hydrogen-bond donors (Lipinski definition) is 2. The van der Waals surface area contributed by atoms with Gasteiger partial charge in [0, 0.05) is 18.3 Å². The first-order valence-corrected chi connectivity index (χ1v) is 6.05. The van der Waals surface area contributed by atoms with Gasteiger partial charge in [0.1, 0.15) is 5.69 Å². The average Bonchev–Trinajstić information content (AvgIpc) is 2.76. The molecule has 0 radical (unpaired) electrons. The van der Waals surface area contributed by atoms with Crippen molar-refractivity contribution in [1.29, 1.82) is 0 Å². The first kappa shape index (κ1) is 14.3. The predicted molar refractivity (Wildman–Crippen MR) is 68.5 cm³/mol. The Bertz CT molecular complexity index is 437. The third kappa shape index (κ3) is 3.12. The molecule has 0 fully saturated rings. The molecular weight excluding hydrogens is 232 g/mol. The second kappa shape index (κ2) is 5.71. The van der Waals surface area contributed by atoms with Crippen LogP contribution in [0.1, 0.15) is 44.2 Å². The van der Waals surface area contributed by atoms with Gasteiger partial charge < -0.3 is 15.0 Å². The van der Waals surface area contributed by atoms with E-state index in [0.29, 0.717) is 5.69 Å². The molecule has 1 amide bonds. The second-order valence-corrected chi connectivity index (χ2v) is 4.78. The highest BCUT2D eigenvalue weighted by Crippen LogP contribution is 2.11. The average molecular weight is 252 g/mol. The number of carbonyl (C=O) groups is 2. The van der Waals surface area contributed by atoms with Gasteiger partial charge in [-0.05, 0) is 39.8 Å². The summed E-state index contributed by atoms with van der Waals surface area (Å²) in [5.41, 5.74) is 0.550. The second-order valence-electron chi connectivity index (χ2n) is 4.78. The molecule has 0 aliphatic heterocycles. The Morgan fingerprint density at radius 1 is 1.28 bits per heavy atom. The molecule has 0 aliphatic rings. The zero-order valence-electron chi connectivity index (χ0n) is 11.2. The summed E-state index contributed by atoms with van der Waals surface area (Å²) in [6.07, 6.45) is 1.84. The number of carboxylic acid groups (broad SMARTS) is 1. The number of hydrogen-bond acceptors (Lipinski definition) is 2. The minimum absolute atomic E-state index is 0.188. The molecule has 0 aromatic carbocycles. The van der Waals surface area contributed by atoms with Gasteiger partial charge in [0.2, 0.25) is 0 Å². The summed E-state index contributed by atoms with van der Waals surface area (Å²) in [6.45, 7) is 7.24. The fourth-order valence-corrected chi connectivity index (χ4v) is 1.66. The van der Waals surface area contributed by atoms with Crippen LogP contribution in [0.3, 0.4) is 0 Å². The van der Waals surface area contributed by atoms with Crippen LogP contribution in [0.25, 0.3) is 0 Å². The molecule has 1 aromatic rings. The normalized spacial score (nSPS) is 14.3. The lowest BCUT2D eigenvalue weighted by Gasteiger charge is -2.19. The molecule has 0 saturated heterocycles. The van der Waals surface area contributed by atoms with Crippen molar-refractivity contribution >= 4 is 11.9 Å². The van der Waals surface area contributed by atoms with E-state index in [-0.39, 0.29) is 11.9 Å². The summed E-state index contributed by atoms with van der Waals surface area (Å²) >= 11 is 0. The van der Waals surface area contributed by atoms with E-state index in [1.54, 1.807) is 26.0 Å². The molecule has 5 heteroatoms. The molecule has 100 valence electrons. The summed E-state index contributed by atoms with van der Waals surface area (Å²) in [5, 5.41) is 11.6. The van der Waals surface area contributed by atoms with Gasteiger partial charge in [0.05, 0.1) is 5.92 Å². The lowest BCUT2D eigenvalue weighted by Crippen LogP contribution is -2.40. The summed E-state index contributed by atoms with van der Waals surface area (Å²) in [7, 11) is 0. The number of rotatable bonds is 5. The molecular formula is C13H20N2O3. The van der Waals surface area contributed by atoms with Gasteiger partial charge >= 0.3 is 5.97 Å². The van der Waals surface area contributed by atoms with Crippen molar-refractivity contribution in [1.82, 2.24) is 9.88 Å². The van der Waals surface area contributed by atoms with E-state index in [2.05, 4.69) is 5.32 Å². The molecule has 1 aromatic heterocycles. The van der Waals surface area contributed by atoms with Crippen molar-refractivity contribution in [3.05, 3.63) is 24.0 Å². The van der Waals surface area contributed by atoms with Crippen LogP contribution in [-0.4, -0.2) is 27.6 Å². The number of carboxylic acids is 1. The van der Waals surface area contributed by atoms with Crippen LogP contribution >= 0.6 is 0 Å². The maximum Gasteiger partial charge on any atom is 0.308 e. The molecule has 1 rings (SSSR count). The van der Waals surface area contributed by atoms with Gasteiger partial charge in [0.15, 0.2) is 0 Å². The third-order valence-electron chi connectivity index (χ3n) is 3.07. The quantitative estimate of drug-likeness (QED) is 0.840. The fraction of sp³-hybridized carbons (Fsp3) is 0.538. The number of nitrogens with zero attached hydrogens (tertiary/aromatic N) is 1. The Kier molecular flexibility index (Phi) is 4.53. The summed E-state index contributed by atoms with van der Waals surface area (Å²) in [4.78, 5) is 22.9. The van der Waals surface area contributed by atoms with E-state index in [4.69, 9.17) is 5.11 Å². The van der Waals surface area contributed by atoms with E-state index in [1.807, 2.05) is 24.6 Å². The summed E-state index contributed by atoms with van der Waals surface area (Å²) in [5.74, 6) is -1.77. The van der Waals surface area contributed by atoms with Crippen LogP contribution in [-0.2, 0) is 4.79 Å². The first-order valence-electron chi connectivity index (χ1n) is 6.05. The highest BCUT2D eigenvalue weighted by Gasteiger charge is 2.22. The Hall–Kier alpha value is -1.78. The highest BCUT2D eigenvalue weighted by atomic mass is 16.4. The van der Waals surface area contributed by atoms with Gasteiger partial charge in [-0.1, -0.05) is 0 Å². The van der Waals surface area contributed by atoms with Crippen molar-refractivity contribution in [3.8, 4) is 0 Å².